The van der Waals surface area contributed by atoms with Crippen molar-refractivity contribution >= 4 is 17.3 Å². The first-order chi connectivity index (χ1) is 10.1. The van der Waals surface area contributed by atoms with Crippen molar-refractivity contribution in [3.8, 4) is 0 Å². The van der Waals surface area contributed by atoms with Crippen LogP contribution in [0.3, 0.4) is 0 Å². The predicted molar refractivity (Wildman–Crippen MR) is 88.4 cm³/mol. The molecular weight excluding hydrogens is 262 g/mol. The molecule has 1 aliphatic heterocycles. The first-order valence-corrected chi connectivity index (χ1v) is 8.05. The van der Waals surface area contributed by atoms with E-state index in [0.717, 1.165) is 43.9 Å². The van der Waals surface area contributed by atoms with Gasteiger partial charge < -0.3 is 15.5 Å². The summed E-state index contributed by atoms with van der Waals surface area (Å²) in [7, 11) is 0. The lowest BCUT2D eigenvalue weighted by Crippen LogP contribution is -2.47. The van der Waals surface area contributed by atoms with Gasteiger partial charge in [0.25, 0.3) is 0 Å². The predicted octanol–water partition coefficient (Wildman–Crippen LogP) is 2.89. The highest BCUT2D eigenvalue weighted by Gasteiger charge is 2.26. The second-order valence-corrected chi connectivity index (χ2v) is 5.76. The summed E-state index contributed by atoms with van der Waals surface area (Å²) in [6.07, 6.45) is 4.72. The van der Waals surface area contributed by atoms with Crippen LogP contribution in [0.25, 0.3) is 0 Å². The van der Waals surface area contributed by atoms with Gasteiger partial charge in [0.2, 0.25) is 5.91 Å². The molecule has 1 aliphatic rings. The van der Waals surface area contributed by atoms with Gasteiger partial charge in [-0.3, -0.25) is 4.79 Å². The maximum Gasteiger partial charge on any atom is 0.244 e. The van der Waals surface area contributed by atoms with E-state index in [1.165, 1.54) is 12.8 Å². The zero-order chi connectivity index (χ0) is 15.2. The summed E-state index contributed by atoms with van der Waals surface area (Å²) in [6.45, 7) is 6.62. The number of benzene rings is 1. The van der Waals surface area contributed by atoms with E-state index < -0.39 is 0 Å². The first kappa shape index (κ1) is 15.7. The molecule has 2 N–H and O–H groups in total. The van der Waals surface area contributed by atoms with E-state index in [0.29, 0.717) is 0 Å². The second kappa shape index (κ2) is 7.34. The molecule has 0 saturated carbocycles. The van der Waals surface area contributed by atoms with Gasteiger partial charge in [0.1, 0.15) is 6.04 Å². The molecule has 0 bridgehead atoms. The monoisotopic (exact) mass is 289 g/mol. The molecule has 1 heterocycles. The van der Waals surface area contributed by atoms with E-state index in [9.17, 15) is 4.79 Å². The van der Waals surface area contributed by atoms with Gasteiger partial charge in [0, 0.05) is 19.6 Å². The molecule has 21 heavy (non-hydrogen) atoms. The molecule has 2 rings (SSSR count). The molecule has 4 nitrogen and oxygen atoms in total. The van der Waals surface area contributed by atoms with Gasteiger partial charge in [0.15, 0.2) is 0 Å². The van der Waals surface area contributed by atoms with Crippen molar-refractivity contribution in [3.05, 3.63) is 24.3 Å². The van der Waals surface area contributed by atoms with Crippen molar-refractivity contribution in [3.63, 3.8) is 0 Å². The highest BCUT2D eigenvalue weighted by atomic mass is 16.2. The Balaban J connectivity index is 2.13. The summed E-state index contributed by atoms with van der Waals surface area (Å²) in [4.78, 5) is 16.9. The Morgan fingerprint density at radius 1 is 1.24 bits per heavy atom. The highest BCUT2D eigenvalue weighted by molar-refractivity contribution is 5.86. The molecule has 1 atom stereocenters. The van der Waals surface area contributed by atoms with Gasteiger partial charge in [-0.2, -0.15) is 0 Å². The van der Waals surface area contributed by atoms with E-state index in [1.807, 2.05) is 36.1 Å². The van der Waals surface area contributed by atoms with Gasteiger partial charge >= 0.3 is 0 Å². The van der Waals surface area contributed by atoms with Crippen LogP contribution in [0.1, 0.15) is 39.5 Å². The van der Waals surface area contributed by atoms with E-state index >= 15 is 0 Å². The quantitative estimate of drug-likeness (QED) is 0.867. The summed E-state index contributed by atoms with van der Waals surface area (Å²) in [5.41, 5.74) is 7.76. The number of para-hydroxylation sites is 2. The zero-order valence-electron chi connectivity index (χ0n) is 13.2. The number of likely N-dealkylation sites (N-methyl/N-ethyl adjacent to an activating group) is 1. The summed E-state index contributed by atoms with van der Waals surface area (Å²) in [6, 6.07) is 7.61. The van der Waals surface area contributed by atoms with Gasteiger partial charge in [-0.15, -0.1) is 0 Å². The third-order valence-corrected chi connectivity index (χ3v) is 4.33. The molecule has 0 aliphatic carbocycles. The van der Waals surface area contributed by atoms with Crippen molar-refractivity contribution in [1.82, 2.24) is 4.90 Å². The Kier molecular flexibility index (Phi) is 5.48. The standard InChI is InChI=1S/C17H27N3O/c1-3-20(16-11-7-6-10-15(16)18)14(2)17(21)19-12-8-4-5-9-13-19/h6-7,10-11,14H,3-5,8-9,12-13,18H2,1-2H3. The molecule has 116 valence electrons. The number of nitrogen functional groups attached to an aromatic ring is 1. The number of nitrogens with zero attached hydrogens (tertiary/aromatic N) is 2. The number of hydrogen-bond acceptors (Lipinski definition) is 3. The SMILES string of the molecule is CCN(c1ccccc1N)C(C)C(=O)N1CCCCCC1. The Morgan fingerprint density at radius 2 is 1.86 bits per heavy atom. The van der Waals surface area contributed by atoms with Crippen LogP contribution >= 0.6 is 0 Å². The van der Waals surface area contributed by atoms with Crippen LogP contribution in [0.4, 0.5) is 11.4 Å². The highest BCUT2D eigenvalue weighted by Crippen LogP contribution is 2.25. The number of carbonyl (C=O) groups excluding carboxylic acids is 1. The van der Waals surface area contributed by atoms with Gasteiger partial charge in [0.05, 0.1) is 11.4 Å². The maximum absolute atomic E-state index is 12.8. The number of nitrogens with two attached hydrogens (primary N) is 1. The van der Waals surface area contributed by atoms with Crippen LogP contribution < -0.4 is 10.6 Å². The third kappa shape index (κ3) is 3.69. The molecule has 1 fully saturated rings. The van der Waals surface area contributed by atoms with Crippen LogP contribution in [0, 0.1) is 0 Å². The number of hydrogen-bond donors (Lipinski definition) is 1. The fraction of sp³-hybridized carbons (Fsp3) is 0.588. The van der Waals surface area contributed by atoms with E-state index in [-0.39, 0.29) is 11.9 Å². The lowest BCUT2D eigenvalue weighted by molar-refractivity contribution is -0.132. The lowest BCUT2D eigenvalue weighted by atomic mass is 10.1. The van der Waals surface area contributed by atoms with E-state index in [2.05, 4.69) is 11.8 Å². The topological polar surface area (TPSA) is 49.6 Å². The van der Waals surface area contributed by atoms with Crippen molar-refractivity contribution < 1.29 is 4.79 Å². The van der Waals surface area contributed by atoms with Crippen LogP contribution in [0.5, 0.6) is 0 Å². The molecule has 0 spiro atoms. The van der Waals surface area contributed by atoms with Gasteiger partial charge in [-0.05, 0) is 38.8 Å². The molecule has 1 unspecified atom stereocenters. The number of rotatable bonds is 4. The summed E-state index contributed by atoms with van der Waals surface area (Å²) in [5.74, 6) is 0.224. The number of likely N-dealkylation sites (tertiary alicyclic amines) is 1. The normalized spacial score (nSPS) is 17.1. The molecule has 1 aromatic carbocycles. The van der Waals surface area contributed by atoms with Crippen molar-refractivity contribution in [2.24, 2.45) is 0 Å². The molecule has 0 radical (unpaired) electrons. The number of anilines is 2. The lowest BCUT2D eigenvalue weighted by Gasteiger charge is -2.33. The fourth-order valence-electron chi connectivity index (χ4n) is 3.09. The van der Waals surface area contributed by atoms with Crippen LogP contribution in [-0.2, 0) is 4.79 Å². The average Bonchev–Trinajstić information content (AvgIpc) is 2.78. The van der Waals surface area contributed by atoms with Crippen LogP contribution in [-0.4, -0.2) is 36.5 Å². The van der Waals surface area contributed by atoms with E-state index in [4.69, 9.17) is 5.73 Å². The van der Waals surface area contributed by atoms with Crippen LogP contribution in [0.2, 0.25) is 0 Å². The smallest absolute Gasteiger partial charge is 0.244 e. The van der Waals surface area contributed by atoms with Crippen molar-refractivity contribution in [2.75, 3.05) is 30.3 Å². The minimum absolute atomic E-state index is 0.169. The Hall–Kier alpha value is -1.71. The number of amides is 1. The number of carbonyl (C=O) groups is 1. The largest absolute Gasteiger partial charge is 0.397 e. The molecule has 1 saturated heterocycles. The van der Waals surface area contributed by atoms with Crippen molar-refractivity contribution in [1.29, 1.82) is 0 Å². The molecule has 1 amide bonds. The summed E-state index contributed by atoms with van der Waals surface area (Å²) >= 11 is 0. The van der Waals surface area contributed by atoms with Crippen molar-refractivity contribution in [2.45, 2.75) is 45.6 Å². The zero-order valence-corrected chi connectivity index (χ0v) is 13.2. The first-order valence-electron chi connectivity index (χ1n) is 8.05. The summed E-state index contributed by atoms with van der Waals surface area (Å²) in [5, 5.41) is 0. The maximum atomic E-state index is 12.8. The van der Waals surface area contributed by atoms with Crippen LogP contribution in [0.15, 0.2) is 24.3 Å². The average molecular weight is 289 g/mol. The summed E-state index contributed by atoms with van der Waals surface area (Å²) < 4.78 is 0. The third-order valence-electron chi connectivity index (χ3n) is 4.33. The fourth-order valence-corrected chi connectivity index (χ4v) is 3.09. The molecule has 0 aromatic heterocycles. The molecule has 1 aromatic rings. The van der Waals surface area contributed by atoms with E-state index in [1.54, 1.807) is 0 Å². The molecule has 4 heteroatoms. The van der Waals surface area contributed by atoms with Gasteiger partial charge in [-0.25, -0.2) is 0 Å². The molecular formula is C17H27N3O. The second-order valence-electron chi connectivity index (χ2n) is 5.76. The Morgan fingerprint density at radius 3 is 2.43 bits per heavy atom. The van der Waals surface area contributed by atoms with Gasteiger partial charge in [-0.1, -0.05) is 25.0 Å². The Bertz CT molecular complexity index is 467. The minimum atomic E-state index is -0.169. The minimum Gasteiger partial charge on any atom is -0.397 e. The Labute approximate surface area is 127 Å².